The van der Waals surface area contributed by atoms with E-state index in [1.54, 1.807) is 0 Å². The van der Waals surface area contributed by atoms with Gasteiger partial charge in [-0.25, -0.2) is 0 Å². The number of unbranched alkanes of at least 4 members (excludes halogenated alkanes) is 1. The maximum Gasteiger partial charge on any atom is 0.280 e. The lowest BCUT2D eigenvalue weighted by Crippen LogP contribution is -2.29. The van der Waals surface area contributed by atoms with E-state index < -0.39 is 33.9 Å². The van der Waals surface area contributed by atoms with Gasteiger partial charge in [-0.3, -0.25) is 24.5 Å². The number of hydrogen-bond donors (Lipinski definition) is 0. The highest BCUT2D eigenvalue weighted by Gasteiger charge is 2.33. The maximum absolute atomic E-state index is 12.4. The zero-order valence-electron chi connectivity index (χ0n) is 13.3. The number of Topliss-reactive ketones (excluding diaryl/α,β-unsaturated/α-hetero) is 3. The average molecular weight is 321 g/mol. The van der Waals surface area contributed by atoms with E-state index >= 15 is 0 Å². The lowest BCUT2D eigenvalue weighted by molar-refractivity contribution is -0.385. The molecule has 0 unspecified atom stereocenters. The highest BCUT2D eigenvalue weighted by atomic mass is 16.6. The van der Waals surface area contributed by atoms with Crippen LogP contribution in [0.1, 0.15) is 44.0 Å². The third-order valence-corrected chi connectivity index (χ3v) is 3.27. The van der Waals surface area contributed by atoms with Crippen LogP contribution < -0.4 is 4.74 Å². The van der Waals surface area contributed by atoms with Crippen molar-refractivity contribution < 1.29 is 24.0 Å². The molecule has 7 heteroatoms. The van der Waals surface area contributed by atoms with E-state index in [0.29, 0.717) is 12.4 Å². The van der Waals surface area contributed by atoms with Crippen LogP contribution in [-0.4, -0.2) is 28.9 Å². The summed E-state index contributed by atoms with van der Waals surface area (Å²) in [5, 5.41) is 11.1. The van der Waals surface area contributed by atoms with Crippen LogP contribution in [0.15, 0.2) is 18.2 Å². The number of carbonyl (C=O) groups excluding carboxylic acids is 3. The van der Waals surface area contributed by atoms with Gasteiger partial charge in [0.25, 0.3) is 5.69 Å². The summed E-state index contributed by atoms with van der Waals surface area (Å²) in [5.74, 6) is -3.40. The van der Waals surface area contributed by atoms with Gasteiger partial charge in [0.05, 0.1) is 11.5 Å². The van der Waals surface area contributed by atoms with Crippen LogP contribution in [-0.2, 0) is 9.59 Å². The summed E-state index contributed by atoms with van der Waals surface area (Å²) in [5.41, 5.74) is -0.746. The molecule has 7 nitrogen and oxygen atoms in total. The fourth-order valence-electron chi connectivity index (χ4n) is 2.11. The third kappa shape index (κ3) is 4.70. The van der Waals surface area contributed by atoms with Crippen LogP contribution in [0.25, 0.3) is 0 Å². The van der Waals surface area contributed by atoms with Crippen LogP contribution in [0.2, 0.25) is 0 Å². The normalized spacial score (nSPS) is 10.4. The molecule has 0 saturated carbocycles. The molecule has 0 aliphatic heterocycles. The van der Waals surface area contributed by atoms with Crippen molar-refractivity contribution in [2.45, 2.75) is 33.6 Å². The van der Waals surface area contributed by atoms with Crippen molar-refractivity contribution in [3.63, 3.8) is 0 Å². The Hall–Kier alpha value is -2.57. The molecule has 0 fully saturated rings. The Morgan fingerprint density at radius 3 is 2.30 bits per heavy atom. The monoisotopic (exact) mass is 321 g/mol. The molecule has 0 saturated heterocycles. The van der Waals surface area contributed by atoms with E-state index in [2.05, 4.69) is 0 Å². The zero-order valence-corrected chi connectivity index (χ0v) is 13.3. The van der Waals surface area contributed by atoms with Crippen molar-refractivity contribution in [1.29, 1.82) is 0 Å². The van der Waals surface area contributed by atoms with Gasteiger partial charge >= 0.3 is 0 Å². The second kappa shape index (κ2) is 8.17. The number of ketones is 3. The molecule has 23 heavy (non-hydrogen) atoms. The quantitative estimate of drug-likeness (QED) is 0.228. The van der Waals surface area contributed by atoms with Crippen LogP contribution in [0, 0.1) is 16.0 Å². The molecule has 0 aliphatic rings. The van der Waals surface area contributed by atoms with Gasteiger partial charge in [-0.15, -0.1) is 0 Å². The van der Waals surface area contributed by atoms with Crippen molar-refractivity contribution in [3.05, 3.63) is 33.9 Å². The fraction of sp³-hybridized carbons (Fsp3) is 0.438. The summed E-state index contributed by atoms with van der Waals surface area (Å²) in [6.45, 7) is 4.61. The summed E-state index contributed by atoms with van der Waals surface area (Å²) in [7, 11) is 0. The Kier molecular flexibility index (Phi) is 6.56. The first-order valence-electron chi connectivity index (χ1n) is 7.26. The molecular formula is C16H19NO6. The van der Waals surface area contributed by atoms with Gasteiger partial charge in [0, 0.05) is 6.07 Å². The Balaban J connectivity index is 3.26. The molecule has 0 aromatic heterocycles. The van der Waals surface area contributed by atoms with Gasteiger partial charge in [0.15, 0.2) is 5.78 Å². The molecule has 0 spiro atoms. The highest BCUT2D eigenvalue weighted by molar-refractivity contribution is 6.24. The van der Waals surface area contributed by atoms with Crippen LogP contribution in [0.3, 0.4) is 0 Å². The van der Waals surface area contributed by atoms with E-state index in [-0.39, 0.29) is 5.56 Å². The van der Waals surface area contributed by atoms with E-state index in [0.717, 1.165) is 32.8 Å². The van der Waals surface area contributed by atoms with Gasteiger partial charge in [-0.05, 0) is 32.4 Å². The summed E-state index contributed by atoms with van der Waals surface area (Å²) in [6, 6.07) is 3.75. The maximum atomic E-state index is 12.4. The van der Waals surface area contributed by atoms with Crippen LogP contribution >= 0.6 is 0 Å². The summed E-state index contributed by atoms with van der Waals surface area (Å²) in [4.78, 5) is 45.9. The molecular weight excluding hydrogens is 302 g/mol. The van der Waals surface area contributed by atoms with Gasteiger partial charge in [-0.2, -0.15) is 0 Å². The second-order valence-corrected chi connectivity index (χ2v) is 5.16. The molecule has 1 aromatic rings. The highest BCUT2D eigenvalue weighted by Crippen LogP contribution is 2.27. The number of nitro benzene ring substituents is 1. The van der Waals surface area contributed by atoms with Crippen LogP contribution in [0.4, 0.5) is 5.69 Å². The van der Waals surface area contributed by atoms with Crippen molar-refractivity contribution in [3.8, 4) is 5.75 Å². The largest absolute Gasteiger partial charge is 0.494 e. The molecule has 0 heterocycles. The summed E-state index contributed by atoms with van der Waals surface area (Å²) in [6.07, 6.45) is 1.71. The number of nitrogens with zero attached hydrogens (tertiary/aromatic N) is 1. The first-order valence-corrected chi connectivity index (χ1v) is 7.26. The standard InChI is InChI=1S/C16H19NO6/c1-4-5-8-23-12-6-7-14(17(21)22)13(9-12)16(20)15(10(2)18)11(3)19/h6-7,9,15H,4-5,8H2,1-3H3. The van der Waals surface area contributed by atoms with Gasteiger partial charge < -0.3 is 4.74 Å². The first-order chi connectivity index (χ1) is 10.8. The molecule has 1 aromatic carbocycles. The van der Waals surface area contributed by atoms with Crippen molar-refractivity contribution in [2.75, 3.05) is 6.61 Å². The minimum Gasteiger partial charge on any atom is -0.494 e. The molecule has 0 bridgehead atoms. The van der Waals surface area contributed by atoms with Gasteiger partial charge in [0.1, 0.15) is 28.8 Å². The zero-order chi connectivity index (χ0) is 17.6. The first kappa shape index (κ1) is 18.5. The molecule has 0 amide bonds. The molecule has 1 rings (SSSR count). The number of ether oxygens (including phenoxy) is 1. The lowest BCUT2D eigenvalue weighted by Gasteiger charge is -2.11. The van der Waals surface area contributed by atoms with Crippen LogP contribution in [0.5, 0.6) is 5.75 Å². The van der Waals surface area contributed by atoms with E-state index in [4.69, 9.17) is 4.74 Å². The summed E-state index contributed by atoms with van der Waals surface area (Å²) >= 11 is 0. The van der Waals surface area contributed by atoms with Crippen molar-refractivity contribution >= 4 is 23.0 Å². The molecule has 0 atom stereocenters. The Morgan fingerprint density at radius 2 is 1.83 bits per heavy atom. The minimum absolute atomic E-state index is 0.290. The Bertz CT molecular complexity index is 623. The predicted octanol–water partition coefficient (Wildman–Crippen LogP) is 2.75. The Morgan fingerprint density at radius 1 is 1.22 bits per heavy atom. The number of carbonyl (C=O) groups is 3. The number of rotatable bonds is 9. The summed E-state index contributed by atoms with van der Waals surface area (Å²) < 4.78 is 5.43. The van der Waals surface area contributed by atoms with E-state index in [1.807, 2.05) is 6.92 Å². The smallest absolute Gasteiger partial charge is 0.280 e. The third-order valence-electron chi connectivity index (χ3n) is 3.27. The molecule has 0 N–H and O–H groups in total. The minimum atomic E-state index is -1.53. The van der Waals surface area contributed by atoms with Crippen molar-refractivity contribution in [2.24, 2.45) is 5.92 Å². The number of nitro groups is 1. The SMILES string of the molecule is CCCCOc1ccc([N+](=O)[O-])c(C(=O)C(C(C)=O)C(C)=O)c1. The number of hydrogen-bond acceptors (Lipinski definition) is 6. The molecule has 0 aliphatic carbocycles. The molecule has 0 radical (unpaired) electrons. The Labute approximate surface area is 133 Å². The second-order valence-electron chi connectivity index (χ2n) is 5.16. The molecule has 124 valence electrons. The van der Waals surface area contributed by atoms with Gasteiger partial charge in [0.2, 0.25) is 0 Å². The topological polar surface area (TPSA) is 104 Å². The van der Waals surface area contributed by atoms with Crippen molar-refractivity contribution in [1.82, 2.24) is 0 Å². The average Bonchev–Trinajstić information content (AvgIpc) is 2.46. The number of benzene rings is 1. The predicted molar refractivity (Wildman–Crippen MR) is 82.7 cm³/mol. The van der Waals surface area contributed by atoms with Gasteiger partial charge in [-0.1, -0.05) is 13.3 Å². The fourth-order valence-corrected chi connectivity index (χ4v) is 2.11. The van der Waals surface area contributed by atoms with E-state index in [9.17, 15) is 24.5 Å². The lowest BCUT2D eigenvalue weighted by atomic mass is 9.90. The van der Waals surface area contributed by atoms with E-state index in [1.165, 1.54) is 12.1 Å².